The van der Waals surface area contributed by atoms with Gasteiger partial charge in [-0.15, -0.1) is 0 Å². The molecule has 162 valence electrons. The molecule has 0 aliphatic carbocycles. The maximum atomic E-state index is 12.9. The van der Waals surface area contributed by atoms with E-state index in [9.17, 15) is 18.0 Å². The molecule has 1 unspecified atom stereocenters. The number of nitrogens with zero attached hydrogens (tertiary/aromatic N) is 4. The molecule has 0 radical (unpaired) electrons. The van der Waals surface area contributed by atoms with Crippen LogP contribution < -0.4 is 4.74 Å². The minimum Gasteiger partial charge on any atom is -0.494 e. The van der Waals surface area contributed by atoms with E-state index in [1.807, 2.05) is 6.92 Å². The van der Waals surface area contributed by atoms with Crippen molar-refractivity contribution in [2.75, 3.05) is 32.8 Å². The highest BCUT2D eigenvalue weighted by Gasteiger charge is 2.31. The van der Waals surface area contributed by atoms with Crippen LogP contribution in [-0.4, -0.2) is 77.2 Å². The molecule has 0 bridgehead atoms. The summed E-state index contributed by atoms with van der Waals surface area (Å²) in [5, 5.41) is 13.0. The number of carboxylic acid groups (broad SMARTS) is 1. The number of ether oxygens (including phenoxy) is 1. The standard InChI is InChI=1S/C19H24N4O6S/c1-3-29-16-4-6-17(7-5-16)30(27,28)22-10-8-21(9-11-22)18(24)15-12-20-23(13-15)14(2)19(25)26/h4-7,12-14H,3,8-11H2,1-2H3,(H,25,26). The second-order valence-corrected chi connectivity index (χ2v) is 8.76. The Labute approximate surface area is 174 Å². The molecule has 3 rings (SSSR count). The smallest absolute Gasteiger partial charge is 0.328 e. The van der Waals surface area contributed by atoms with E-state index in [0.29, 0.717) is 12.4 Å². The average molecular weight is 436 g/mol. The average Bonchev–Trinajstić information content (AvgIpc) is 3.23. The molecule has 1 saturated heterocycles. The first-order chi connectivity index (χ1) is 14.2. The Hall–Kier alpha value is -2.92. The predicted octanol–water partition coefficient (Wildman–Crippen LogP) is 1.07. The zero-order chi connectivity index (χ0) is 21.9. The van der Waals surface area contributed by atoms with Gasteiger partial charge in [-0.1, -0.05) is 0 Å². The fourth-order valence-corrected chi connectivity index (χ4v) is 4.53. The second-order valence-electron chi connectivity index (χ2n) is 6.82. The van der Waals surface area contributed by atoms with Crippen molar-refractivity contribution < 1.29 is 27.9 Å². The van der Waals surface area contributed by atoms with Crippen LogP contribution in [0.15, 0.2) is 41.6 Å². The SMILES string of the molecule is CCOc1ccc(S(=O)(=O)N2CCN(C(=O)c3cnn(C(C)C(=O)O)c3)CC2)cc1. The Kier molecular flexibility index (Phi) is 6.42. The Bertz CT molecular complexity index is 1010. The van der Waals surface area contributed by atoms with Crippen molar-refractivity contribution in [1.82, 2.24) is 19.0 Å². The predicted molar refractivity (Wildman–Crippen MR) is 107 cm³/mol. The molecular formula is C19H24N4O6S. The van der Waals surface area contributed by atoms with E-state index in [1.54, 1.807) is 12.1 Å². The third-order valence-electron chi connectivity index (χ3n) is 4.90. The van der Waals surface area contributed by atoms with Crippen LogP contribution >= 0.6 is 0 Å². The van der Waals surface area contributed by atoms with Crippen molar-refractivity contribution in [3.63, 3.8) is 0 Å². The van der Waals surface area contributed by atoms with Crippen LogP contribution in [0.1, 0.15) is 30.2 Å². The summed E-state index contributed by atoms with van der Waals surface area (Å²) in [6.45, 7) is 4.61. The Morgan fingerprint density at radius 2 is 1.80 bits per heavy atom. The third kappa shape index (κ3) is 4.46. The quantitative estimate of drug-likeness (QED) is 0.689. The number of hydrogen-bond donors (Lipinski definition) is 1. The number of amides is 1. The summed E-state index contributed by atoms with van der Waals surface area (Å²) < 4.78 is 33.6. The first kappa shape index (κ1) is 21.8. The van der Waals surface area contributed by atoms with Crippen LogP contribution in [-0.2, 0) is 14.8 Å². The molecule has 1 N–H and O–H groups in total. The summed E-state index contributed by atoms with van der Waals surface area (Å²) in [4.78, 5) is 25.4. The fraction of sp³-hybridized carbons (Fsp3) is 0.421. The van der Waals surface area contributed by atoms with E-state index in [4.69, 9.17) is 9.84 Å². The first-order valence-electron chi connectivity index (χ1n) is 9.53. The lowest BCUT2D eigenvalue weighted by atomic mass is 10.2. The molecule has 1 aromatic carbocycles. The van der Waals surface area contributed by atoms with Crippen molar-refractivity contribution in [2.45, 2.75) is 24.8 Å². The molecule has 1 fully saturated rings. The van der Waals surface area contributed by atoms with Crippen LogP contribution in [0.5, 0.6) is 5.75 Å². The zero-order valence-corrected chi connectivity index (χ0v) is 17.6. The molecule has 1 atom stereocenters. The number of rotatable bonds is 7. The largest absolute Gasteiger partial charge is 0.494 e. The molecular weight excluding hydrogens is 412 g/mol. The van der Waals surface area contributed by atoms with E-state index >= 15 is 0 Å². The summed E-state index contributed by atoms with van der Waals surface area (Å²) in [5.41, 5.74) is 0.269. The van der Waals surface area contributed by atoms with Crippen molar-refractivity contribution in [2.24, 2.45) is 0 Å². The maximum absolute atomic E-state index is 12.9. The van der Waals surface area contributed by atoms with E-state index in [-0.39, 0.29) is 42.5 Å². The molecule has 2 aromatic rings. The lowest BCUT2D eigenvalue weighted by molar-refractivity contribution is -0.140. The summed E-state index contributed by atoms with van der Waals surface area (Å²) in [5.74, 6) is -0.758. The number of carboxylic acids is 1. The van der Waals surface area contributed by atoms with Crippen LogP contribution in [0.2, 0.25) is 0 Å². The summed E-state index contributed by atoms with van der Waals surface area (Å²) in [6.07, 6.45) is 2.72. The van der Waals surface area contributed by atoms with Crippen LogP contribution in [0.3, 0.4) is 0 Å². The van der Waals surface area contributed by atoms with Crippen molar-refractivity contribution in [3.8, 4) is 5.75 Å². The normalized spacial score (nSPS) is 16.3. The highest BCUT2D eigenvalue weighted by atomic mass is 32.2. The molecule has 30 heavy (non-hydrogen) atoms. The molecule has 1 aromatic heterocycles. The van der Waals surface area contributed by atoms with Gasteiger partial charge in [-0.05, 0) is 38.1 Å². The summed E-state index contributed by atoms with van der Waals surface area (Å²) in [7, 11) is -3.67. The maximum Gasteiger partial charge on any atom is 0.328 e. The number of aromatic nitrogens is 2. The Morgan fingerprint density at radius 3 is 2.37 bits per heavy atom. The molecule has 1 aliphatic rings. The number of sulfonamides is 1. The number of carbonyl (C=O) groups excluding carboxylic acids is 1. The Morgan fingerprint density at radius 1 is 1.17 bits per heavy atom. The number of carbonyl (C=O) groups is 2. The van der Waals surface area contributed by atoms with Gasteiger partial charge in [0.1, 0.15) is 11.8 Å². The van der Waals surface area contributed by atoms with Crippen molar-refractivity contribution in [3.05, 3.63) is 42.2 Å². The highest BCUT2D eigenvalue weighted by Crippen LogP contribution is 2.21. The number of benzene rings is 1. The molecule has 2 heterocycles. The lowest BCUT2D eigenvalue weighted by Gasteiger charge is -2.33. The van der Waals surface area contributed by atoms with Gasteiger partial charge in [-0.2, -0.15) is 9.40 Å². The van der Waals surface area contributed by atoms with Gasteiger partial charge < -0.3 is 14.7 Å². The third-order valence-corrected chi connectivity index (χ3v) is 6.81. The Balaban J connectivity index is 1.64. The van der Waals surface area contributed by atoms with Gasteiger partial charge in [-0.3, -0.25) is 9.48 Å². The van der Waals surface area contributed by atoms with Gasteiger partial charge in [-0.25, -0.2) is 13.2 Å². The number of hydrogen-bond acceptors (Lipinski definition) is 6. The zero-order valence-electron chi connectivity index (χ0n) is 16.8. The molecule has 10 nitrogen and oxygen atoms in total. The van der Waals surface area contributed by atoms with Crippen molar-refractivity contribution >= 4 is 21.9 Å². The highest BCUT2D eigenvalue weighted by molar-refractivity contribution is 7.89. The van der Waals surface area contributed by atoms with Crippen LogP contribution in [0.4, 0.5) is 0 Å². The van der Waals surface area contributed by atoms with Crippen LogP contribution in [0, 0.1) is 0 Å². The first-order valence-corrected chi connectivity index (χ1v) is 11.0. The molecule has 1 amide bonds. The monoisotopic (exact) mass is 436 g/mol. The molecule has 11 heteroatoms. The van der Waals surface area contributed by atoms with Gasteiger partial charge in [0.05, 0.1) is 23.3 Å². The van der Waals surface area contributed by atoms with E-state index in [0.717, 1.165) is 0 Å². The van der Waals surface area contributed by atoms with E-state index < -0.39 is 22.0 Å². The second kappa shape index (κ2) is 8.84. The van der Waals surface area contributed by atoms with Gasteiger partial charge in [0.25, 0.3) is 5.91 Å². The molecule has 0 saturated carbocycles. The van der Waals surface area contributed by atoms with Crippen molar-refractivity contribution in [1.29, 1.82) is 0 Å². The lowest BCUT2D eigenvalue weighted by Crippen LogP contribution is -2.50. The topological polar surface area (TPSA) is 122 Å². The van der Waals surface area contributed by atoms with Gasteiger partial charge in [0.2, 0.25) is 10.0 Å². The summed E-state index contributed by atoms with van der Waals surface area (Å²) in [6, 6.07) is 5.37. The van der Waals surface area contributed by atoms with E-state index in [2.05, 4.69) is 5.10 Å². The minimum atomic E-state index is -3.67. The van der Waals surface area contributed by atoms with E-state index in [1.165, 1.54) is 45.3 Å². The van der Waals surface area contributed by atoms with Gasteiger partial charge in [0, 0.05) is 32.4 Å². The summed E-state index contributed by atoms with van der Waals surface area (Å²) >= 11 is 0. The fourth-order valence-electron chi connectivity index (χ4n) is 3.11. The minimum absolute atomic E-state index is 0.168. The molecule has 0 spiro atoms. The number of piperazine rings is 1. The number of aliphatic carboxylic acids is 1. The van der Waals surface area contributed by atoms with Gasteiger partial charge in [0.15, 0.2) is 0 Å². The molecule has 1 aliphatic heterocycles. The van der Waals surface area contributed by atoms with Gasteiger partial charge >= 0.3 is 5.97 Å². The van der Waals surface area contributed by atoms with Crippen LogP contribution in [0.25, 0.3) is 0 Å².